The number of aryl methyl sites for hydroxylation is 1. The van der Waals surface area contributed by atoms with Gasteiger partial charge in [0, 0.05) is 11.8 Å². The van der Waals surface area contributed by atoms with Crippen molar-refractivity contribution in [2.24, 2.45) is 0 Å². The van der Waals surface area contributed by atoms with E-state index in [0.717, 1.165) is 23.4 Å². The lowest BCUT2D eigenvalue weighted by Crippen LogP contribution is -2.33. The molecule has 96 valence electrons. The van der Waals surface area contributed by atoms with Crippen LogP contribution in [0.5, 0.6) is 0 Å². The summed E-state index contributed by atoms with van der Waals surface area (Å²) < 4.78 is 0. The van der Waals surface area contributed by atoms with Gasteiger partial charge in [0.2, 0.25) is 0 Å². The molecule has 0 saturated carbocycles. The molecule has 3 rings (SSSR count). The van der Waals surface area contributed by atoms with E-state index in [9.17, 15) is 0 Å². The SMILES string of the molecule is Cc1cccc2[nH]c(CNC3CCCSC3)nc12. The Balaban J connectivity index is 1.69. The molecule has 1 aromatic carbocycles. The average molecular weight is 261 g/mol. The van der Waals surface area contributed by atoms with Crippen LogP contribution >= 0.6 is 11.8 Å². The number of hydrogen-bond acceptors (Lipinski definition) is 3. The minimum Gasteiger partial charge on any atom is -0.341 e. The molecule has 1 saturated heterocycles. The molecule has 2 aromatic rings. The van der Waals surface area contributed by atoms with Gasteiger partial charge in [-0.2, -0.15) is 11.8 Å². The van der Waals surface area contributed by atoms with E-state index in [1.807, 2.05) is 0 Å². The monoisotopic (exact) mass is 261 g/mol. The van der Waals surface area contributed by atoms with Gasteiger partial charge in [0.1, 0.15) is 5.82 Å². The third kappa shape index (κ3) is 2.54. The van der Waals surface area contributed by atoms with Gasteiger partial charge in [-0.05, 0) is 37.1 Å². The van der Waals surface area contributed by atoms with Crippen LogP contribution in [0.3, 0.4) is 0 Å². The summed E-state index contributed by atoms with van der Waals surface area (Å²) in [6.45, 7) is 2.96. The van der Waals surface area contributed by atoms with Crippen molar-refractivity contribution in [2.75, 3.05) is 11.5 Å². The van der Waals surface area contributed by atoms with Gasteiger partial charge in [0.25, 0.3) is 0 Å². The fourth-order valence-corrected chi connectivity index (χ4v) is 3.56. The number of thioether (sulfide) groups is 1. The van der Waals surface area contributed by atoms with Crippen LogP contribution in [0.15, 0.2) is 18.2 Å². The van der Waals surface area contributed by atoms with E-state index >= 15 is 0 Å². The summed E-state index contributed by atoms with van der Waals surface area (Å²) in [5, 5.41) is 3.60. The minimum absolute atomic E-state index is 0.651. The largest absolute Gasteiger partial charge is 0.341 e. The van der Waals surface area contributed by atoms with E-state index in [1.165, 1.54) is 29.9 Å². The third-order valence-electron chi connectivity index (χ3n) is 3.48. The van der Waals surface area contributed by atoms with Gasteiger partial charge in [-0.3, -0.25) is 0 Å². The van der Waals surface area contributed by atoms with Crippen LogP contribution in [0.2, 0.25) is 0 Å². The van der Waals surface area contributed by atoms with E-state index in [4.69, 9.17) is 0 Å². The average Bonchev–Trinajstić information content (AvgIpc) is 2.82. The van der Waals surface area contributed by atoms with Crippen LogP contribution in [0, 0.1) is 6.92 Å². The van der Waals surface area contributed by atoms with E-state index in [0.29, 0.717) is 6.04 Å². The van der Waals surface area contributed by atoms with Gasteiger partial charge in [-0.15, -0.1) is 0 Å². The van der Waals surface area contributed by atoms with Gasteiger partial charge in [0.15, 0.2) is 0 Å². The van der Waals surface area contributed by atoms with Crippen LogP contribution in [0.4, 0.5) is 0 Å². The summed E-state index contributed by atoms with van der Waals surface area (Å²) in [6.07, 6.45) is 2.63. The molecule has 1 atom stereocenters. The second kappa shape index (κ2) is 5.33. The van der Waals surface area contributed by atoms with E-state index < -0.39 is 0 Å². The fraction of sp³-hybridized carbons (Fsp3) is 0.500. The molecular weight excluding hydrogens is 242 g/mol. The van der Waals surface area contributed by atoms with Crippen molar-refractivity contribution in [1.29, 1.82) is 0 Å². The molecule has 0 bridgehead atoms. The number of aromatic amines is 1. The van der Waals surface area contributed by atoms with Crippen molar-refractivity contribution < 1.29 is 0 Å². The number of aromatic nitrogens is 2. The fourth-order valence-electron chi connectivity index (χ4n) is 2.45. The van der Waals surface area contributed by atoms with Gasteiger partial charge in [-0.1, -0.05) is 12.1 Å². The molecular formula is C14H19N3S. The maximum atomic E-state index is 4.67. The highest BCUT2D eigenvalue weighted by Crippen LogP contribution is 2.18. The van der Waals surface area contributed by atoms with Crippen molar-refractivity contribution in [1.82, 2.24) is 15.3 Å². The highest BCUT2D eigenvalue weighted by molar-refractivity contribution is 7.99. The third-order valence-corrected chi connectivity index (χ3v) is 4.70. The van der Waals surface area contributed by atoms with Crippen molar-refractivity contribution in [2.45, 2.75) is 32.4 Å². The smallest absolute Gasteiger partial charge is 0.121 e. The standard InChI is InChI=1S/C14H19N3S/c1-10-4-2-6-12-14(10)17-13(16-12)8-15-11-5-3-7-18-9-11/h2,4,6,11,15H,3,5,7-9H2,1H3,(H,16,17). The zero-order chi connectivity index (χ0) is 12.4. The molecule has 4 heteroatoms. The number of rotatable bonds is 3. The first-order chi connectivity index (χ1) is 8.83. The molecule has 2 N–H and O–H groups in total. The van der Waals surface area contributed by atoms with Crippen LogP contribution in [0.25, 0.3) is 11.0 Å². The number of nitrogens with zero attached hydrogens (tertiary/aromatic N) is 1. The molecule has 1 aromatic heterocycles. The Morgan fingerprint density at radius 2 is 2.44 bits per heavy atom. The van der Waals surface area contributed by atoms with E-state index in [1.54, 1.807) is 0 Å². The number of hydrogen-bond donors (Lipinski definition) is 2. The Morgan fingerprint density at radius 1 is 1.50 bits per heavy atom. The maximum Gasteiger partial charge on any atom is 0.121 e. The van der Waals surface area contributed by atoms with Gasteiger partial charge < -0.3 is 10.3 Å². The number of benzene rings is 1. The first-order valence-electron chi connectivity index (χ1n) is 6.58. The summed E-state index contributed by atoms with van der Waals surface area (Å²) in [7, 11) is 0. The Kier molecular flexibility index (Phi) is 3.57. The Bertz CT molecular complexity index is 529. The second-order valence-electron chi connectivity index (χ2n) is 4.95. The molecule has 1 unspecified atom stereocenters. The zero-order valence-electron chi connectivity index (χ0n) is 10.7. The number of para-hydroxylation sites is 1. The molecule has 0 aliphatic carbocycles. The molecule has 0 amide bonds. The Morgan fingerprint density at radius 3 is 3.22 bits per heavy atom. The maximum absolute atomic E-state index is 4.67. The van der Waals surface area contributed by atoms with Crippen molar-refractivity contribution in [3.63, 3.8) is 0 Å². The van der Waals surface area contributed by atoms with Crippen molar-refractivity contribution in [3.8, 4) is 0 Å². The number of fused-ring (bicyclic) bond motifs is 1. The summed E-state index contributed by atoms with van der Waals surface area (Å²) in [4.78, 5) is 8.07. The molecule has 2 heterocycles. The quantitative estimate of drug-likeness (QED) is 0.892. The van der Waals surface area contributed by atoms with E-state index in [-0.39, 0.29) is 0 Å². The lowest BCUT2D eigenvalue weighted by Gasteiger charge is -2.21. The Hall–Kier alpha value is -1.00. The zero-order valence-corrected chi connectivity index (χ0v) is 11.5. The molecule has 0 spiro atoms. The lowest BCUT2D eigenvalue weighted by atomic mass is 10.2. The highest BCUT2D eigenvalue weighted by atomic mass is 32.2. The summed E-state index contributed by atoms with van der Waals surface area (Å²) in [5.74, 6) is 3.61. The number of imidazole rings is 1. The second-order valence-corrected chi connectivity index (χ2v) is 6.10. The number of H-pyrrole nitrogens is 1. The predicted octanol–water partition coefficient (Wildman–Crippen LogP) is 2.86. The van der Waals surface area contributed by atoms with Gasteiger partial charge in [0.05, 0.1) is 17.6 Å². The Labute approximate surface area is 112 Å². The van der Waals surface area contributed by atoms with Crippen molar-refractivity contribution in [3.05, 3.63) is 29.6 Å². The molecule has 1 aliphatic rings. The van der Waals surface area contributed by atoms with Crippen LogP contribution in [0.1, 0.15) is 24.2 Å². The molecule has 1 fully saturated rings. The first kappa shape index (κ1) is 12.1. The predicted molar refractivity (Wildman–Crippen MR) is 78.0 cm³/mol. The summed E-state index contributed by atoms with van der Waals surface area (Å²) >= 11 is 2.05. The van der Waals surface area contributed by atoms with Gasteiger partial charge >= 0.3 is 0 Å². The number of nitrogens with one attached hydrogen (secondary N) is 2. The van der Waals surface area contributed by atoms with Crippen LogP contribution in [-0.2, 0) is 6.54 Å². The minimum atomic E-state index is 0.651. The summed E-state index contributed by atoms with van der Waals surface area (Å²) in [6, 6.07) is 6.93. The van der Waals surface area contributed by atoms with Gasteiger partial charge in [-0.25, -0.2) is 4.98 Å². The molecule has 3 nitrogen and oxygen atoms in total. The van der Waals surface area contributed by atoms with E-state index in [2.05, 4.69) is 52.2 Å². The topological polar surface area (TPSA) is 40.7 Å². The van der Waals surface area contributed by atoms with Crippen molar-refractivity contribution >= 4 is 22.8 Å². The summed E-state index contributed by atoms with van der Waals surface area (Å²) in [5.41, 5.74) is 3.49. The molecule has 1 aliphatic heterocycles. The first-order valence-corrected chi connectivity index (χ1v) is 7.74. The molecule has 18 heavy (non-hydrogen) atoms. The molecule has 0 radical (unpaired) electrons. The van der Waals surface area contributed by atoms with Crippen LogP contribution < -0.4 is 5.32 Å². The lowest BCUT2D eigenvalue weighted by molar-refractivity contribution is 0.500. The highest BCUT2D eigenvalue weighted by Gasteiger charge is 2.13. The normalized spacial score (nSPS) is 20.4. The van der Waals surface area contributed by atoms with Crippen LogP contribution in [-0.4, -0.2) is 27.5 Å².